The largest absolute Gasteiger partial charge is 0.372 e. The second kappa shape index (κ2) is 9.95. The van der Waals surface area contributed by atoms with Crippen molar-refractivity contribution in [3.63, 3.8) is 0 Å². The number of aromatic nitrogens is 4. The van der Waals surface area contributed by atoms with Crippen LogP contribution in [0.2, 0.25) is 0 Å². The Bertz CT molecular complexity index is 1070. The number of hydrogen-bond acceptors (Lipinski definition) is 7. The lowest BCUT2D eigenvalue weighted by Gasteiger charge is -2.30. The van der Waals surface area contributed by atoms with Crippen LogP contribution in [0.3, 0.4) is 0 Å². The van der Waals surface area contributed by atoms with Gasteiger partial charge in [0.1, 0.15) is 5.65 Å². The van der Waals surface area contributed by atoms with Crippen LogP contribution in [0.4, 0.5) is 17.5 Å². The highest BCUT2D eigenvalue weighted by Gasteiger charge is 2.22. The number of carbonyl (C=O) groups excluding carboxylic acids is 1. The molecule has 0 spiro atoms. The molecule has 4 N–H and O–H groups in total. The molecule has 170 valence electrons. The van der Waals surface area contributed by atoms with Crippen molar-refractivity contribution in [3.8, 4) is 0 Å². The summed E-state index contributed by atoms with van der Waals surface area (Å²) in [4.78, 5) is 25.3. The minimum atomic E-state index is 0.250. The fourth-order valence-electron chi connectivity index (χ4n) is 4.82. The molecule has 1 saturated heterocycles. The van der Waals surface area contributed by atoms with E-state index < -0.39 is 0 Å². The van der Waals surface area contributed by atoms with Crippen LogP contribution in [0.25, 0.3) is 11.0 Å². The third kappa shape index (κ3) is 4.52. The Hall–Kier alpha value is -3.20. The molecule has 0 radical (unpaired) electrons. The zero-order valence-corrected chi connectivity index (χ0v) is 18.8. The molecule has 3 aromatic heterocycles. The van der Waals surface area contributed by atoms with Crippen LogP contribution in [0.1, 0.15) is 43.0 Å². The molecule has 0 unspecified atom stereocenters. The SMILES string of the molecule is Cc1cn(C2CCCC2)c2nc(Nc3ncccc3N3CCNCC3)nc(C)c12.NC=O. The first-order valence-corrected chi connectivity index (χ1v) is 11.3. The summed E-state index contributed by atoms with van der Waals surface area (Å²) in [5.41, 5.74) is 8.60. The van der Waals surface area contributed by atoms with E-state index in [1.54, 1.807) is 0 Å². The van der Waals surface area contributed by atoms with Gasteiger partial charge in [-0.05, 0) is 44.4 Å². The molecule has 0 aromatic carbocycles. The number of piperazine rings is 1. The van der Waals surface area contributed by atoms with Gasteiger partial charge in [0.15, 0.2) is 5.82 Å². The summed E-state index contributed by atoms with van der Waals surface area (Å²) in [6.07, 6.45) is 9.43. The van der Waals surface area contributed by atoms with Crippen LogP contribution in [-0.4, -0.2) is 52.1 Å². The molecule has 1 aliphatic carbocycles. The lowest BCUT2D eigenvalue weighted by molar-refractivity contribution is -0.106. The third-order valence-electron chi connectivity index (χ3n) is 6.23. The maximum atomic E-state index is 8.58. The van der Waals surface area contributed by atoms with Gasteiger partial charge in [0.2, 0.25) is 12.4 Å². The van der Waals surface area contributed by atoms with E-state index in [-0.39, 0.29) is 6.41 Å². The number of rotatable bonds is 4. The zero-order chi connectivity index (χ0) is 22.5. The van der Waals surface area contributed by atoms with E-state index in [9.17, 15) is 0 Å². The summed E-state index contributed by atoms with van der Waals surface area (Å²) in [6, 6.07) is 4.67. The third-order valence-corrected chi connectivity index (χ3v) is 6.23. The van der Waals surface area contributed by atoms with E-state index in [0.29, 0.717) is 12.0 Å². The molecule has 0 atom stereocenters. The van der Waals surface area contributed by atoms with E-state index in [1.807, 2.05) is 12.3 Å². The summed E-state index contributed by atoms with van der Waals surface area (Å²) in [5, 5.41) is 8.01. The van der Waals surface area contributed by atoms with Crippen LogP contribution in [0.15, 0.2) is 24.5 Å². The van der Waals surface area contributed by atoms with E-state index in [1.165, 1.54) is 36.6 Å². The highest BCUT2D eigenvalue weighted by atomic mass is 16.1. The molecule has 3 aromatic rings. The zero-order valence-electron chi connectivity index (χ0n) is 18.8. The topological polar surface area (TPSA) is 114 Å². The summed E-state index contributed by atoms with van der Waals surface area (Å²) in [5.74, 6) is 1.45. The molecule has 1 aliphatic heterocycles. The van der Waals surface area contributed by atoms with Gasteiger partial charge >= 0.3 is 0 Å². The first-order valence-electron chi connectivity index (χ1n) is 11.3. The number of pyridine rings is 1. The Balaban J connectivity index is 0.000000775. The maximum absolute atomic E-state index is 8.58. The molecule has 1 saturated carbocycles. The molecule has 1 amide bonds. The molecule has 0 bridgehead atoms. The first-order chi connectivity index (χ1) is 15.6. The highest BCUT2D eigenvalue weighted by molar-refractivity contribution is 5.84. The van der Waals surface area contributed by atoms with Crippen LogP contribution < -0.4 is 21.3 Å². The first kappa shape index (κ1) is 22.0. The second-order valence-corrected chi connectivity index (χ2v) is 8.36. The van der Waals surface area contributed by atoms with Crippen molar-refractivity contribution in [2.45, 2.75) is 45.6 Å². The molecule has 32 heavy (non-hydrogen) atoms. The average molecular weight is 437 g/mol. The maximum Gasteiger partial charge on any atom is 0.230 e. The van der Waals surface area contributed by atoms with Gasteiger partial charge in [-0.3, -0.25) is 4.79 Å². The van der Waals surface area contributed by atoms with E-state index in [2.05, 4.69) is 56.9 Å². The average Bonchev–Trinajstić information content (AvgIpc) is 3.44. The van der Waals surface area contributed by atoms with E-state index >= 15 is 0 Å². The molecule has 9 heteroatoms. The van der Waals surface area contributed by atoms with Crippen molar-refractivity contribution in [1.29, 1.82) is 0 Å². The smallest absolute Gasteiger partial charge is 0.230 e. The number of aryl methyl sites for hydroxylation is 2. The van der Waals surface area contributed by atoms with Crippen molar-refractivity contribution in [1.82, 2.24) is 24.8 Å². The number of hydrogen-bond donors (Lipinski definition) is 3. The quantitative estimate of drug-likeness (QED) is 0.539. The fourth-order valence-corrected chi connectivity index (χ4v) is 4.82. The number of anilines is 3. The number of nitrogens with two attached hydrogens (primary N) is 1. The molecule has 5 rings (SSSR count). The number of carbonyl (C=O) groups is 1. The van der Waals surface area contributed by atoms with Crippen LogP contribution in [0.5, 0.6) is 0 Å². The molecule has 4 heterocycles. The monoisotopic (exact) mass is 436 g/mol. The van der Waals surface area contributed by atoms with Gasteiger partial charge in [0.25, 0.3) is 0 Å². The van der Waals surface area contributed by atoms with Gasteiger partial charge in [-0.25, -0.2) is 9.97 Å². The van der Waals surface area contributed by atoms with Crippen LogP contribution >= 0.6 is 0 Å². The van der Waals surface area contributed by atoms with Crippen molar-refractivity contribution < 1.29 is 4.79 Å². The van der Waals surface area contributed by atoms with E-state index in [4.69, 9.17) is 14.8 Å². The molecule has 9 nitrogen and oxygen atoms in total. The molecular formula is C23H32N8O. The van der Waals surface area contributed by atoms with Crippen LogP contribution in [-0.2, 0) is 4.79 Å². The lowest BCUT2D eigenvalue weighted by Crippen LogP contribution is -2.43. The second-order valence-electron chi connectivity index (χ2n) is 8.36. The van der Waals surface area contributed by atoms with Gasteiger partial charge in [-0.15, -0.1) is 0 Å². The number of nitrogens with zero attached hydrogens (tertiary/aromatic N) is 5. The number of nitrogens with one attached hydrogen (secondary N) is 2. The Kier molecular flexibility index (Phi) is 6.84. The Morgan fingerprint density at radius 2 is 1.91 bits per heavy atom. The highest BCUT2D eigenvalue weighted by Crippen LogP contribution is 2.35. The van der Waals surface area contributed by atoms with Crippen LogP contribution in [0, 0.1) is 13.8 Å². The van der Waals surface area contributed by atoms with Gasteiger partial charge < -0.3 is 25.8 Å². The van der Waals surface area contributed by atoms with Crippen molar-refractivity contribution in [2.24, 2.45) is 5.73 Å². The minimum absolute atomic E-state index is 0.250. The fraction of sp³-hybridized carbons (Fsp3) is 0.478. The molecular weight excluding hydrogens is 404 g/mol. The lowest BCUT2D eigenvalue weighted by atomic mass is 10.2. The predicted molar refractivity (Wildman–Crippen MR) is 127 cm³/mol. The van der Waals surface area contributed by atoms with E-state index in [0.717, 1.165) is 49.0 Å². The number of primary amides is 1. The Labute approximate surface area is 188 Å². The predicted octanol–water partition coefficient (Wildman–Crippen LogP) is 2.81. The Morgan fingerprint density at radius 3 is 2.62 bits per heavy atom. The van der Waals surface area contributed by atoms with Gasteiger partial charge in [-0.1, -0.05) is 12.8 Å². The van der Waals surface area contributed by atoms with Crippen molar-refractivity contribution in [3.05, 3.63) is 35.8 Å². The number of amides is 1. The summed E-state index contributed by atoms with van der Waals surface area (Å²) >= 11 is 0. The van der Waals surface area contributed by atoms with Crippen molar-refractivity contribution >= 4 is 34.9 Å². The minimum Gasteiger partial charge on any atom is -0.372 e. The van der Waals surface area contributed by atoms with Gasteiger partial charge in [-0.2, -0.15) is 4.98 Å². The summed E-state index contributed by atoms with van der Waals surface area (Å²) in [7, 11) is 0. The van der Waals surface area contributed by atoms with Gasteiger partial charge in [0, 0.05) is 50.0 Å². The molecule has 2 aliphatic rings. The Morgan fingerprint density at radius 1 is 1.19 bits per heavy atom. The normalized spacial score (nSPS) is 16.6. The summed E-state index contributed by atoms with van der Waals surface area (Å²) < 4.78 is 2.38. The summed E-state index contributed by atoms with van der Waals surface area (Å²) in [6.45, 7) is 8.18. The van der Waals surface area contributed by atoms with Gasteiger partial charge in [0.05, 0.1) is 11.4 Å². The number of fused-ring (bicyclic) bond motifs is 1. The standard InChI is InChI=1S/C22H29N7.CH3NO/c1-15-14-29(17-6-3-4-7-17)21-19(15)16(2)25-22(27-21)26-20-18(8-5-9-24-20)28-12-10-23-11-13-28;2-1-3/h5,8-9,14,17,23H,3-4,6-7,10-13H2,1-2H3,(H,24,25,26,27);1H,(H2,2,3). The van der Waals surface area contributed by atoms with Crippen molar-refractivity contribution in [2.75, 3.05) is 36.4 Å². The molecule has 2 fully saturated rings.